The molecule has 0 atom stereocenters. The summed E-state index contributed by atoms with van der Waals surface area (Å²) >= 11 is 0. The summed E-state index contributed by atoms with van der Waals surface area (Å²) in [7, 11) is 1.53. The fourth-order valence-electron chi connectivity index (χ4n) is 5.17. The highest BCUT2D eigenvalue weighted by Gasteiger charge is 2.29. The van der Waals surface area contributed by atoms with E-state index in [0.29, 0.717) is 24.4 Å². The third kappa shape index (κ3) is 5.06. The van der Waals surface area contributed by atoms with Crippen LogP contribution in [0.25, 0.3) is 16.9 Å². The SMILES string of the molecule is COc1cccc(F)c1-n1nc2c(c1-c1ccc(NC(N)=O)cc1)CN(c1cc(C(C)(C)C)ccc1C)CC2. The largest absolute Gasteiger partial charge is 0.494 e. The Balaban J connectivity index is 1.66. The maximum atomic E-state index is 15.3. The van der Waals surface area contributed by atoms with Crippen LogP contribution in [0, 0.1) is 12.7 Å². The van der Waals surface area contributed by atoms with Crippen LogP contribution in [0.4, 0.5) is 20.6 Å². The van der Waals surface area contributed by atoms with Gasteiger partial charge in [-0.3, -0.25) is 0 Å². The molecule has 1 aliphatic heterocycles. The minimum absolute atomic E-state index is 0.0293. The number of rotatable bonds is 5. The van der Waals surface area contributed by atoms with Crippen LogP contribution in [0.3, 0.4) is 0 Å². The Morgan fingerprint density at radius 3 is 2.51 bits per heavy atom. The van der Waals surface area contributed by atoms with Gasteiger partial charge in [-0.25, -0.2) is 13.9 Å². The van der Waals surface area contributed by atoms with E-state index in [2.05, 4.69) is 56.1 Å². The number of anilines is 2. The van der Waals surface area contributed by atoms with E-state index in [9.17, 15) is 4.79 Å². The number of methoxy groups -OCH3 is 1. The van der Waals surface area contributed by atoms with E-state index in [1.165, 1.54) is 30.0 Å². The molecular formula is C31H34FN5O2. The van der Waals surface area contributed by atoms with Gasteiger partial charge in [0, 0.05) is 42.0 Å². The summed E-state index contributed by atoms with van der Waals surface area (Å²) in [5.41, 5.74) is 13.4. The van der Waals surface area contributed by atoms with Crippen molar-refractivity contribution < 1.29 is 13.9 Å². The molecule has 0 fully saturated rings. The number of fused-ring (bicyclic) bond motifs is 1. The maximum absolute atomic E-state index is 15.3. The lowest BCUT2D eigenvalue weighted by molar-refractivity contribution is 0.259. The van der Waals surface area contributed by atoms with Crippen molar-refractivity contribution in [1.29, 1.82) is 0 Å². The molecule has 3 aromatic carbocycles. The second-order valence-corrected chi connectivity index (χ2v) is 11.0. The molecule has 0 bridgehead atoms. The summed E-state index contributed by atoms with van der Waals surface area (Å²) in [6.07, 6.45) is 0.715. The van der Waals surface area contributed by atoms with Gasteiger partial charge in [0.25, 0.3) is 0 Å². The number of carbonyl (C=O) groups excluding carboxylic acids is 1. The van der Waals surface area contributed by atoms with E-state index in [1.54, 1.807) is 28.9 Å². The van der Waals surface area contributed by atoms with Crippen LogP contribution in [-0.4, -0.2) is 29.5 Å². The molecule has 2 amide bonds. The Kier molecular flexibility index (Phi) is 6.80. The fourth-order valence-corrected chi connectivity index (χ4v) is 5.17. The molecule has 0 unspecified atom stereocenters. The number of hydrogen-bond acceptors (Lipinski definition) is 4. The quantitative estimate of drug-likeness (QED) is 0.317. The lowest BCUT2D eigenvalue weighted by Crippen LogP contribution is -2.31. The second kappa shape index (κ2) is 10.1. The second-order valence-electron chi connectivity index (χ2n) is 11.0. The van der Waals surface area contributed by atoms with Crippen LogP contribution in [0.15, 0.2) is 60.7 Å². The van der Waals surface area contributed by atoms with E-state index in [4.69, 9.17) is 15.6 Å². The first-order valence-corrected chi connectivity index (χ1v) is 13.0. The molecule has 0 saturated carbocycles. The number of ether oxygens (including phenoxy) is 1. The number of para-hydroxylation sites is 1. The van der Waals surface area contributed by atoms with Crippen molar-refractivity contribution in [2.45, 2.75) is 46.1 Å². The van der Waals surface area contributed by atoms with Gasteiger partial charge in [-0.05, 0) is 53.8 Å². The van der Waals surface area contributed by atoms with Crippen LogP contribution >= 0.6 is 0 Å². The van der Waals surface area contributed by atoms with Crippen LogP contribution < -0.4 is 20.7 Å². The third-order valence-corrected chi connectivity index (χ3v) is 7.26. The van der Waals surface area contributed by atoms with Gasteiger partial charge in [0.1, 0.15) is 11.4 Å². The summed E-state index contributed by atoms with van der Waals surface area (Å²) in [5.74, 6) is -0.0262. The zero-order valence-corrected chi connectivity index (χ0v) is 23.0. The summed E-state index contributed by atoms with van der Waals surface area (Å²) in [6, 6.07) is 18.1. The third-order valence-electron chi connectivity index (χ3n) is 7.26. The Morgan fingerprint density at radius 2 is 1.85 bits per heavy atom. The van der Waals surface area contributed by atoms with Crippen LogP contribution in [-0.2, 0) is 18.4 Å². The minimum Gasteiger partial charge on any atom is -0.494 e. The summed E-state index contributed by atoms with van der Waals surface area (Å²) in [4.78, 5) is 13.7. The monoisotopic (exact) mass is 527 g/mol. The first-order chi connectivity index (χ1) is 18.6. The van der Waals surface area contributed by atoms with Gasteiger partial charge in [0.2, 0.25) is 0 Å². The molecule has 1 aromatic heterocycles. The van der Waals surface area contributed by atoms with E-state index < -0.39 is 11.8 Å². The molecule has 2 heterocycles. The highest BCUT2D eigenvalue weighted by molar-refractivity contribution is 5.88. The summed E-state index contributed by atoms with van der Waals surface area (Å²) in [5, 5.41) is 7.52. The molecule has 0 aliphatic carbocycles. The van der Waals surface area contributed by atoms with Gasteiger partial charge < -0.3 is 20.7 Å². The van der Waals surface area contributed by atoms with Gasteiger partial charge in [-0.2, -0.15) is 5.10 Å². The molecule has 1 aliphatic rings. The van der Waals surface area contributed by atoms with Gasteiger partial charge in [0.05, 0.1) is 18.5 Å². The van der Waals surface area contributed by atoms with Crippen molar-refractivity contribution in [2.24, 2.45) is 5.73 Å². The number of amides is 2. The molecule has 5 rings (SSSR count). The Bertz CT molecular complexity index is 1540. The topological polar surface area (TPSA) is 85.4 Å². The van der Waals surface area contributed by atoms with Crippen LogP contribution in [0.1, 0.15) is 43.2 Å². The van der Waals surface area contributed by atoms with E-state index >= 15 is 4.39 Å². The highest BCUT2D eigenvalue weighted by atomic mass is 19.1. The van der Waals surface area contributed by atoms with Crippen molar-refractivity contribution in [1.82, 2.24) is 9.78 Å². The molecular weight excluding hydrogens is 493 g/mol. The number of urea groups is 1. The van der Waals surface area contributed by atoms with Crippen LogP contribution in [0.2, 0.25) is 0 Å². The number of primary amides is 1. The molecule has 3 N–H and O–H groups in total. The molecule has 0 saturated heterocycles. The van der Waals surface area contributed by atoms with Gasteiger partial charge in [-0.1, -0.05) is 51.1 Å². The molecule has 39 heavy (non-hydrogen) atoms. The smallest absolute Gasteiger partial charge is 0.316 e. The van der Waals surface area contributed by atoms with E-state index in [-0.39, 0.29) is 11.1 Å². The lowest BCUT2D eigenvalue weighted by Gasteiger charge is -2.32. The highest BCUT2D eigenvalue weighted by Crippen LogP contribution is 2.39. The number of halogens is 1. The van der Waals surface area contributed by atoms with Gasteiger partial charge in [-0.15, -0.1) is 0 Å². The molecule has 8 heteroatoms. The first kappa shape index (κ1) is 26.3. The number of nitrogens with zero attached hydrogens (tertiary/aromatic N) is 3. The van der Waals surface area contributed by atoms with Crippen molar-refractivity contribution in [3.8, 4) is 22.7 Å². The van der Waals surface area contributed by atoms with Crippen molar-refractivity contribution >= 4 is 17.4 Å². The van der Waals surface area contributed by atoms with Crippen molar-refractivity contribution in [2.75, 3.05) is 23.9 Å². The molecule has 4 aromatic rings. The zero-order chi connectivity index (χ0) is 27.9. The number of aromatic nitrogens is 2. The van der Waals surface area contributed by atoms with E-state index in [1.807, 2.05) is 12.1 Å². The number of hydrogen-bond donors (Lipinski definition) is 2. The molecule has 202 valence electrons. The average molecular weight is 528 g/mol. The minimum atomic E-state index is -0.634. The Morgan fingerprint density at radius 1 is 1.10 bits per heavy atom. The molecule has 7 nitrogen and oxygen atoms in total. The van der Waals surface area contributed by atoms with Crippen LogP contribution in [0.5, 0.6) is 5.75 Å². The normalized spacial score (nSPS) is 13.2. The van der Waals surface area contributed by atoms with Gasteiger partial charge in [0.15, 0.2) is 5.82 Å². The standard InChI is InChI=1S/C31H34FN5O2/c1-19-9-12-21(31(2,3)4)17-26(19)36-16-15-25-23(18-36)28(20-10-13-22(14-11-20)34-30(33)38)37(35-25)29-24(32)7-6-8-27(29)39-5/h6-14,17H,15-16,18H2,1-5H3,(H3,33,34,38). The van der Waals surface area contributed by atoms with Crippen molar-refractivity contribution in [3.63, 3.8) is 0 Å². The number of nitrogens with one attached hydrogen (secondary N) is 1. The van der Waals surface area contributed by atoms with E-state index in [0.717, 1.165) is 29.1 Å². The number of nitrogens with two attached hydrogens (primary N) is 1. The van der Waals surface area contributed by atoms with Crippen molar-refractivity contribution in [3.05, 3.63) is 88.9 Å². The fraction of sp³-hybridized carbons (Fsp3) is 0.290. The predicted molar refractivity (Wildman–Crippen MR) is 153 cm³/mol. The zero-order valence-electron chi connectivity index (χ0n) is 23.0. The number of aryl methyl sites for hydroxylation is 1. The Hall–Kier alpha value is -4.33. The number of benzene rings is 3. The maximum Gasteiger partial charge on any atom is 0.316 e. The summed E-state index contributed by atoms with van der Waals surface area (Å²) in [6.45, 7) is 10.2. The average Bonchev–Trinajstić information content (AvgIpc) is 3.26. The first-order valence-electron chi connectivity index (χ1n) is 13.0. The predicted octanol–water partition coefficient (Wildman–Crippen LogP) is 6.35. The summed E-state index contributed by atoms with van der Waals surface area (Å²) < 4.78 is 22.5. The Labute approximate surface area is 228 Å². The van der Waals surface area contributed by atoms with Gasteiger partial charge >= 0.3 is 6.03 Å². The molecule has 0 spiro atoms. The number of carbonyl (C=O) groups is 1. The lowest BCUT2D eigenvalue weighted by atomic mass is 9.86. The molecule has 0 radical (unpaired) electrons.